The van der Waals surface area contributed by atoms with Crippen LogP contribution in [-0.2, 0) is 11.3 Å². The molecule has 1 aromatic rings. The molecular weight excluding hydrogens is 329 g/mol. The van der Waals surface area contributed by atoms with Crippen molar-refractivity contribution < 1.29 is 14.0 Å². The van der Waals surface area contributed by atoms with Crippen molar-refractivity contribution in [1.29, 1.82) is 0 Å². The summed E-state index contributed by atoms with van der Waals surface area (Å²) >= 11 is 3.29. The number of urea groups is 1. The van der Waals surface area contributed by atoms with Crippen LogP contribution in [0.25, 0.3) is 0 Å². The number of hydrogen-bond donors (Lipinski definition) is 2. The first-order valence-corrected chi connectivity index (χ1v) is 6.85. The summed E-state index contributed by atoms with van der Waals surface area (Å²) in [5.41, 5.74) is 0.550. The van der Waals surface area contributed by atoms with Crippen LogP contribution in [0.15, 0.2) is 22.7 Å². The summed E-state index contributed by atoms with van der Waals surface area (Å²) in [6.45, 7) is 0.813. The fraction of sp³-hybridized carbons (Fsp3) is 0.385. The predicted molar refractivity (Wildman–Crippen MR) is 77.6 cm³/mol. The van der Waals surface area contributed by atoms with E-state index in [0.29, 0.717) is 18.7 Å². The standard InChI is InChI=1S/C13H17BrFN3O2/c1-16-13(20)17-12(19)5-6-18(2)8-9-7-10(14)3-4-11(9)15/h3-4,7H,5-6,8H2,1-2H3,(H2,16,17,19,20). The Bertz CT molecular complexity index is 497. The average Bonchev–Trinajstić information content (AvgIpc) is 2.40. The maximum absolute atomic E-state index is 13.6. The molecule has 0 saturated heterocycles. The zero-order chi connectivity index (χ0) is 15.1. The summed E-state index contributed by atoms with van der Waals surface area (Å²) in [4.78, 5) is 24.2. The van der Waals surface area contributed by atoms with Crippen molar-refractivity contribution in [2.45, 2.75) is 13.0 Å². The van der Waals surface area contributed by atoms with Crippen LogP contribution in [0.4, 0.5) is 9.18 Å². The van der Waals surface area contributed by atoms with E-state index < -0.39 is 6.03 Å². The highest BCUT2D eigenvalue weighted by molar-refractivity contribution is 9.10. The number of carbonyl (C=O) groups is 2. The molecule has 0 radical (unpaired) electrons. The third-order valence-corrected chi connectivity index (χ3v) is 3.14. The fourth-order valence-corrected chi connectivity index (χ4v) is 1.99. The minimum absolute atomic E-state index is 0.166. The van der Waals surface area contributed by atoms with E-state index in [1.165, 1.54) is 13.1 Å². The highest BCUT2D eigenvalue weighted by atomic mass is 79.9. The zero-order valence-corrected chi connectivity index (χ0v) is 13.0. The van der Waals surface area contributed by atoms with Crippen molar-refractivity contribution in [3.63, 3.8) is 0 Å². The van der Waals surface area contributed by atoms with Crippen molar-refractivity contribution in [2.75, 3.05) is 20.6 Å². The van der Waals surface area contributed by atoms with Gasteiger partial charge in [0, 0.05) is 36.6 Å². The zero-order valence-electron chi connectivity index (χ0n) is 11.4. The predicted octanol–water partition coefficient (Wildman–Crippen LogP) is 1.87. The van der Waals surface area contributed by atoms with Gasteiger partial charge in [-0.05, 0) is 25.2 Å². The molecule has 0 aliphatic carbocycles. The quantitative estimate of drug-likeness (QED) is 0.856. The highest BCUT2D eigenvalue weighted by Gasteiger charge is 2.10. The Hall–Kier alpha value is -1.47. The van der Waals surface area contributed by atoms with Gasteiger partial charge in [-0.25, -0.2) is 9.18 Å². The third-order valence-electron chi connectivity index (χ3n) is 2.65. The van der Waals surface area contributed by atoms with Gasteiger partial charge < -0.3 is 10.2 Å². The van der Waals surface area contributed by atoms with Crippen LogP contribution < -0.4 is 10.6 Å². The lowest BCUT2D eigenvalue weighted by Crippen LogP contribution is -2.38. The molecule has 0 aliphatic rings. The van der Waals surface area contributed by atoms with Crippen LogP contribution in [0.5, 0.6) is 0 Å². The van der Waals surface area contributed by atoms with Crippen LogP contribution in [0.3, 0.4) is 0 Å². The lowest BCUT2D eigenvalue weighted by molar-refractivity contribution is -0.120. The second-order valence-electron chi connectivity index (χ2n) is 4.35. The van der Waals surface area contributed by atoms with Crippen LogP contribution in [0.1, 0.15) is 12.0 Å². The maximum atomic E-state index is 13.6. The number of amides is 3. The molecule has 1 rings (SSSR count). The smallest absolute Gasteiger partial charge is 0.321 e. The Kier molecular flexibility index (Phi) is 6.60. The van der Waals surface area contributed by atoms with Gasteiger partial charge in [0.2, 0.25) is 5.91 Å². The van der Waals surface area contributed by atoms with Crippen molar-refractivity contribution in [2.24, 2.45) is 0 Å². The minimum Gasteiger partial charge on any atom is -0.341 e. The maximum Gasteiger partial charge on any atom is 0.321 e. The average molecular weight is 346 g/mol. The number of rotatable bonds is 5. The summed E-state index contributed by atoms with van der Waals surface area (Å²) in [5.74, 6) is -0.652. The Morgan fingerprint density at radius 3 is 2.75 bits per heavy atom. The molecule has 3 amide bonds. The molecular formula is C13H17BrFN3O2. The number of hydrogen-bond acceptors (Lipinski definition) is 3. The molecule has 0 aliphatic heterocycles. The van der Waals surface area contributed by atoms with Crippen LogP contribution in [-0.4, -0.2) is 37.5 Å². The van der Waals surface area contributed by atoms with Crippen molar-refractivity contribution >= 4 is 27.9 Å². The molecule has 20 heavy (non-hydrogen) atoms. The van der Waals surface area contributed by atoms with Gasteiger partial charge >= 0.3 is 6.03 Å². The summed E-state index contributed by atoms with van der Waals surface area (Å²) in [6.07, 6.45) is 0.166. The number of halogens is 2. The van der Waals surface area contributed by atoms with Gasteiger partial charge in [0.25, 0.3) is 0 Å². The van der Waals surface area contributed by atoms with E-state index >= 15 is 0 Å². The molecule has 110 valence electrons. The first-order chi connectivity index (χ1) is 9.42. The molecule has 7 heteroatoms. The van der Waals surface area contributed by atoms with Gasteiger partial charge in [0.15, 0.2) is 0 Å². The number of imide groups is 1. The second-order valence-corrected chi connectivity index (χ2v) is 5.27. The van der Waals surface area contributed by atoms with Gasteiger partial charge in [0.1, 0.15) is 5.82 Å². The van der Waals surface area contributed by atoms with E-state index in [4.69, 9.17) is 0 Å². The Morgan fingerprint density at radius 1 is 1.40 bits per heavy atom. The Morgan fingerprint density at radius 2 is 2.10 bits per heavy atom. The van der Waals surface area contributed by atoms with E-state index in [-0.39, 0.29) is 18.1 Å². The van der Waals surface area contributed by atoms with Crippen LogP contribution in [0.2, 0.25) is 0 Å². The number of benzene rings is 1. The normalized spacial score (nSPS) is 10.4. The number of carbonyl (C=O) groups excluding carboxylic acids is 2. The van der Waals surface area contributed by atoms with Crippen LogP contribution in [0, 0.1) is 5.82 Å². The molecule has 0 spiro atoms. The largest absolute Gasteiger partial charge is 0.341 e. The van der Waals surface area contributed by atoms with Gasteiger partial charge in [-0.2, -0.15) is 0 Å². The van der Waals surface area contributed by atoms with E-state index in [9.17, 15) is 14.0 Å². The summed E-state index contributed by atoms with van der Waals surface area (Å²) < 4.78 is 14.4. The molecule has 0 atom stereocenters. The Balaban J connectivity index is 2.44. The molecule has 0 unspecified atom stereocenters. The lowest BCUT2D eigenvalue weighted by atomic mass is 10.2. The molecule has 1 aromatic carbocycles. The van der Waals surface area contributed by atoms with E-state index in [1.54, 1.807) is 19.2 Å². The van der Waals surface area contributed by atoms with Gasteiger partial charge in [-0.1, -0.05) is 15.9 Å². The molecule has 2 N–H and O–H groups in total. The highest BCUT2D eigenvalue weighted by Crippen LogP contribution is 2.16. The molecule has 0 saturated carbocycles. The Labute approximate surface area is 125 Å². The first kappa shape index (κ1) is 16.6. The number of nitrogens with zero attached hydrogens (tertiary/aromatic N) is 1. The minimum atomic E-state index is -0.532. The van der Waals surface area contributed by atoms with E-state index in [1.807, 2.05) is 4.90 Å². The summed E-state index contributed by atoms with van der Waals surface area (Å²) in [7, 11) is 3.22. The second kappa shape index (κ2) is 7.96. The van der Waals surface area contributed by atoms with Crippen molar-refractivity contribution in [1.82, 2.24) is 15.5 Å². The van der Waals surface area contributed by atoms with Crippen molar-refractivity contribution in [3.05, 3.63) is 34.1 Å². The summed E-state index contributed by atoms with van der Waals surface area (Å²) in [6, 6.07) is 4.20. The van der Waals surface area contributed by atoms with Gasteiger partial charge in [-0.3, -0.25) is 10.1 Å². The fourth-order valence-electron chi connectivity index (χ4n) is 1.58. The SMILES string of the molecule is CNC(=O)NC(=O)CCN(C)Cc1cc(Br)ccc1F. The lowest BCUT2D eigenvalue weighted by Gasteiger charge is -2.16. The van der Waals surface area contributed by atoms with Gasteiger partial charge in [-0.15, -0.1) is 0 Å². The molecule has 0 bridgehead atoms. The topological polar surface area (TPSA) is 61.4 Å². The van der Waals surface area contributed by atoms with Crippen molar-refractivity contribution in [3.8, 4) is 0 Å². The molecule has 0 aromatic heterocycles. The van der Waals surface area contributed by atoms with E-state index in [2.05, 4.69) is 26.6 Å². The molecule has 0 fully saturated rings. The first-order valence-electron chi connectivity index (χ1n) is 6.06. The molecule has 0 heterocycles. The summed E-state index contributed by atoms with van der Waals surface area (Å²) in [5, 5.41) is 4.47. The third kappa shape index (κ3) is 5.66. The number of nitrogens with one attached hydrogen (secondary N) is 2. The molecule has 5 nitrogen and oxygen atoms in total. The van der Waals surface area contributed by atoms with E-state index in [0.717, 1.165) is 4.47 Å². The van der Waals surface area contributed by atoms with Crippen LogP contribution >= 0.6 is 15.9 Å². The van der Waals surface area contributed by atoms with Gasteiger partial charge in [0.05, 0.1) is 0 Å². The monoisotopic (exact) mass is 345 g/mol.